The quantitative estimate of drug-likeness (QED) is 0.178. The van der Waals surface area contributed by atoms with Crippen LogP contribution in [0.1, 0.15) is 94.2 Å². The lowest BCUT2D eigenvalue weighted by Crippen LogP contribution is -2.59. The summed E-state index contributed by atoms with van der Waals surface area (Å²) in [6.45, 7) is 6.69. The molecule has 0 N–H and O–H groups in total. The highest BCUT2D eigenvalue weighted by molar-refractivity contribution is 5.31. The summed E-state index contributed by atoms with van der Waals surface area (Å²) in [6.07, 6.45) is 17.7. The summed E-state index contributed by atoms with van der Waals surface area (Å²) < 4.78 is 0. The number of hydrogen-bond donors (Lipinski definition) is 0. The van der Waals surface area contributed by atoms with Gasteiger partial charge in [0.25, 0.3) is 0 Å². The van der Waals surface area contributed by atoms with Crippen LogP contribution in [-0.2, 0) is 13.0 Å². The lowest BCUT2D eigenvalue weighted by Gasteiger charge is -2.51. The molecule has 3 aromatic carbocycles. The highest BCUT2D eigenvalue weighted by Gasteiger charge is 2.49. The Labute approximate surface area is 232 Å². The molecule has 38 heavy (non-hydrogen) atoms. The molecule has 2 unspecified atom stereocenters. The van der Waals surface area contributed by atoms with Crippen LogP contribution in [0.3, 0.4) is 0 Å². The van der Waals surface area contributed by atoms with Gasteiger partial charge in [0.05, 0.1) is 0 Å². The predicted octanol–water partition coefficient (Wildman–Crippen LogP) is 9.55. The SMILES string of the molecule is CCCCCCCCCCN1C=CN(Cc2ccccc2)C1(Cc1ccccc1)C(CC)c1ccccc1. The lowest BCUT2D eigenvalue weighted by molar-refractivity contribution is -0.00767. The summed E-state index contributed by atoms with van der Waals surface area (Å²) in [4.78, 5) is 5.36. The summed E-state index contributed by atoms with van der Waals surface area (Å²) in [7, 11) is 0. The maximum Gasteiger partial charge on any atom is 0.123 e. The third-order valence-corrected chi connectivity index (χ3v) is 8.34. The average molecular weight is 509 g/mol. The van der Waals surface area contributed by atoms with Gasteiger partial charge >= 0.3 is 0 Å². The Morgan fingerprint density at radius 1 is 0.579 bits per heavy atom. The highest BCUT2D eigenvalue weighted by Crippen LogP contribution is 2.45. The molecule has 1 heterocycles. The van der Waals surface area contributed by atoms with E-state index in [1.165, 1.54) is 68.1 Å². The third-order valence-electron chi connectivity index (χ3n) is 8.34. The van der Waals surface area contributed by atoms with Crippen LogP contribution in [0.5, 0.6) is 0 Å². The summed E-state index contributed by atoms with van der Waals surface area (Å²) in [5.74, 6) is 0.386. The molecule has 0 bridgehead atoms. The zero-order valence-electron chi connectivity index (χ0n) is 23.8. The van der Waals surface area contributed by atoms with Crippen molar-refractivity contribution >= 4 is 0 Å². The highest BCUT2D eigenvalue weighted by atomic mass is 15.4. The van der Waals surface area contributed by atoms with Crippen LogP contribution in [0.25, 0.3) is 0 Å². The maximum absolute atomic E-state index is 2.71. The van der Waals surface area contributed by atoms with Crippen molar-refractivity contribution in [3.05, 3.63) is 120 Å². The number of nitrogens with zero attached hydrogens (tertiary/aromatic N) is 2. The Kier molecular flexibility index (Phi) is 10.9. The van der Waals surface area contributed by atoms with Crippen molar-refractivity contribution < 1.29 is 0 Å². The summed E-state index contributed by atoms with van der Waals surface area (Å²) in [5, 5.41) is 0. The largest absolute Gasteiger partial charge is 0.353 e. The van der Waals surface area contributed by atoms with Gasteiger partial charge in [-0.3, -0.25) is 0 Å². The maximum atomic E-state index is 2.71. The van der Waals surface area contributed by atoms with Gasteiger partial charge in [0.1, 0.15) is 5.66 Å². The molecule has 0 saturated heterocycles. The molecule has 2 atom stereocenters. The molecular formula is C36H48N2. The van der Waals surface area contributed by atoms with Crippen molar-refractivity contribution in [3.8, 4) is 0 Å². The Morgan fingerprint density at radius 3 is 1.71 bits per heavy atom. The van der Waals surface area contributed by atoms with E-state index in [0.29, 0.717) is 5.92 Å². The Balaban J connectivity index is 1.62. The molecule has 0 aromatic heterocycles. The van der Waals surface area contributed by atoms with Crippen molar-refractivity contribution in [1.29, 1.82) is 0 Å². The van der Waals surface area contributed by atoms with E-state index in [2.05, 4.69) is 127 Å². The first-order chi connectivity index (χ1) is 18.8. The minimum absolute atomic E-state index is 0.144. The van der Waals surface area contributed by atoms with Crippen LogP contribution < -0.4 is 0 Å². The molecule has 1 aliphatic heterocycles. The van der Waals surface area contributed by atoms with E-state index in [-0.39, 0.29) is 5.66 Å². The zero-order chi connectivity index (χ0) is 26.5. The molecule has 3 aromatic rings. The number of rotatable bonds is 16. The second-order valence-corrected chi connectivity index (χ2v) is 11.0. The second-order valence-electron chi connectivity index (χ2n) is 11.0. The monoisotopic (exact) mass is 508 g/mol. The first-order valence-corrected chi connectivity index (χ1v) is 15.1. The van der Waals surface area contributed by atoms with Gasteiger partial charge in [0, 0.05) is 37.8 Å². The molecule has 0 saturated carbocycles. The van der Waals surface area contributed by atoms with Gasteiger partial charge in [-0.1, -0.05) is 150 Å². The fourth-order valence-electron chi connectivity index (χ4n) is 6.38. The van der Waals surface area contributed by atoms with Crippen LogP contribution in [-0.4, -0.2) is 22.0 Å². The second kappa shape index (κ2) is 14.8. The van der Waals surface area contributed by atoms with Crippen molar-refractivity contribution in [2.75, 3.05) is 6.54 Å². The summed E-state index contributed by atoms with van der Waals surface area (Å²) in [5.41, 5.74) is 4.07. The van der Waals surface area contributed by atoms with Gasteiger partial charge in [-0.2, -0.15) is 0 Å². The van der Waals surface area contributed by atoms with E-state index < -0.39 is 0 Å². The Bertz CT molecular complexity index is 1060. The van der Waals surface area contributed by atoms with Crippen LogP contribution in [0.2, 0.25) is 0 Å². The number of unbranched alkanes of at least 4 members (excludes halogenated alkanes) is 7. The molecule has 4 rings (SSSR count). The topological polar surface area (TPSA) is 6.48 Å². The minimum Gasteiger partial charge on any atom is -0.353 e. The van der Waals surface area contributed by atoms with Crippen molar-refractivity contribution in [2.45, 2.75) is 96.2 Å². The molecule has 202 valence electrons. The lowest BCUT2D eigenvalue weighted by atomic mass is 9.78. The van der Waals surface area contributed by atoms with E-state index in [4.69, 9.17) is 0 Å². The fourth-order valence-corrected chi connectivity index (χ4v) is 6.38. The smallest absolute Gasteiger partial charge is 0.123 e. The van der Waals surface area contributed by atoms with E-state index in [1.807, 2.05) is 0 Å². The van der Waals surface area contributed by atoms with Gasteiger partial charge < -0.3 is 9.80 Å². The average Bonchev–Trinajstić information content (AvgIpc) is 3.29. The minimum atomic E-state index is -0.144. The fraction of sp³-hybridized carbons (Fsp3) is 0.444. The van der Waals surface area contributed by atoms with E-state index >= 15 is 0 Å². The normalized spacial score (nSPS) is 17.7. The molecular weight excluding hydrogens is 460 g/mol. The van der Waals surface area contributed by atoms with Crippen LogP contribution in [0, 0.1) is 0 Å². The number of hydrogen-bond acceptors (Lipinski definition) is 2. The Hall–Kier alpha value is -3.00. The standard InChI is InChI=1S/C36H48N2/c1-3-5-6-7-8-9-10-20-27-37-28-29-38(31-33-23-16-12-17-24-33)36(37,30-32-21-14-11-15-22-32)35(4-2)34-25-18-13-19-26-34/h11-19,21-26,28-29,35H,3-10,20,27,30-31H2,1-2H3. The Morgan fingerprint density at radius 2 is 1.11 bits per heavy atom. The summed E-state index contributed by atoms with van der Waals surface area (Å²) in [6, 6.07) is 33.4. The first-order valence-electron chi connectivity index (χ1n) is 15.1. The van der Waals surface area contributed by atoms with Crippen LogP contribution in [0.4, 0.5) is 0 Å². The van der Waals surface area contributed by atoms with Gasteiger partial charge in [0.15, 0.2) is 0 Å². The zero-order valence-corrected chi connectivity index (χ0v) is 23.8. The molecule has 1 aliphatic rings. The van der Waals surface area contributed by atoms with E-state index in [9.17, 15) is 0 Å². The predicted molar refractivity (Wildman–Crippen MR) is 163 cm³/mol. The molecule has 2 heteroatoms. The molecule has 0 aliphatic carbocycles. The molecule has 2 nitrogen and oxygen atoms in total. The number of benzene rings is 3. The molecule has 0 fully saturated rings. The van der Waals surface area contributed by atoms with Crippen LogP contribution in [0.15, 0.2) is 103 Å². The third kappa shape index (κ3) is 7.10. The van der Waals surface area contributed by atoms with Gasteiger partial charge in [-0.25, -0.2) is 0 Å². The van der Waals surface area contributed by atoms with E-state index in [0.717, 1.165) is 25.9 Å². The molecule has 0 spiro atoms. The molecule has 0 radical (unpaired) electrons. The first kappa shape index (κ1) is 28.0. The van der Waals surface area contributed by atoms with Gasteiger partial charge in [-0.15, -0.1) is 0 Å². The molecule has 0 amide bonds. The van der Waals surface area contributed by atoms with Gasteiger partial charge in [0.2, 0.25) is 0 Å². The summed E-state index contributed by atoms with van der Waals surface area (Å²) >= 11 is 0. The van der Waals surface area contributed by atoms with Crippen LogP contribution >= 0.6 is 0 Å². The van der Waals surface area contributed by atoms with Crippen molar-refractivity contribution in [3.63, 3.8) is 0 Å². The van der Waals surface area contributed by atoms with Crippen molar-refractivity contribution in [2.24, 2.45) is 0 Å². The van der Waals surface area contributed by atoms with Gasteiger partial charge in [-0.05, 0) is 29.5 Å². The van der Waals surface area contributed by atoms with Crippen molar-refractivity contribution in [1.82, 2.24) is 9.80 Å². The van der Waals surface area contributed by atoms with E-state index in [1.54, 1.807) is 0 Å².